The Hall–Kier alpha value is -0.730. The van der Waals surface area contributed by atoms with E-state index in [1.807, 2.05) is 0 Å². The zero-order valence-corrected chi connectivity index (χ0v) is 6.90. The normalized spacial score (nSPS) is 10.0. The van der Waals surface area contributed by atoms with Crippen molar-refractivity contribution in [1.82, 2.24) is 0 Å². The van der Waals surface area contributed by atoms with Crippen LogP contribution < -0.4 is 5.73 Å². The van der Waals surface area contributed by atoms with Gasteiger partial charge in [0.1, 0.15) is 5.76 Å². The van der Waals surface area contributed by atoms with E-state index in [4.69, 9.17) is 21.8 Å². The van der Waals surface area contributed by atoms with Crippen LogP contribution in [0, 0.1) is 0 Å². The maximum Gasteiger partial charge on any atom is 0.193 e. The molecule has 0 atom stereocenters. The van der Waals surface area contributed by atoms with Crippen molar-refractivity contribution in [3.05, 3.63) is 29.7 Å². The highest BCUT2D eigenvalue weighted by atomic mass is 35.5. The third-order valence-electron chi connectivity index (χ3n) is 1.37. The fraction of sp³-hybridized carbons (Fsp3) is 0.250. The Morgan fingerprint density at radius 1 is 1.64 bits per heavy atom. The van der Waals surface area contributed by atoms with Crippen molar-refractivity contribution in [2.45, 2.75) is 6.42 Å². The Bertz CT molecular complexity index is 254. The van der Waals surface area contributed by atoms with Crippen LogP contribution in [0.3, 0.4) is 0 Å². The Morgan fingerprint density at radius 2 is 2.36 bits per heavy atom. The zero-order valence-electron chi connectivity index (χ0n) is 6.14. The van der Waals surface area contributed by atoms with Crippen molar-refractivity contribution in [3.63, 3.8) is 0 Å². The highest BCUT2D eigenvalue weighted by Gasteiger charge is 2.02. The Kier molecular flexibility index (Phi) is 2.74. The molecular formula is C8H10ClNO. The molecule has 0 spiro atoms. The molecule has 60 valence electrons. The third-order valence-corrected chi connectivity index (χ3v) is 1.57. The lowest BCUT2D eigenvalue weighted by molar-refractivity contribution is 0.552. The molecule has 0 unspecified atom stereocenters. The van der Waals surface area contributed by atoms with Crippen molar-refractivity contribution in [1.29, 1.82) is 0 Å². The average molecular weight is 172 g/mol. The lowest BCUT2D eigenvalue weighted by Crippen LogP contribution is -1.98. The summed E-state index contributed by atoms with van der Waals surface area (Å²) in [6.45, 7) is 4.38. The summed E-state index contributed by atoms with van der Waals surface area (Å²) >= 11 is 5.57. The monoisotopic (exact) mass is 171 g/mol. The molecule has 0 aliphatic carbocycles. The number of nitrogens with two attached hydrogens (primary N) is 1. The molecule has 0 fully saturated rings. The highest BCUT2D eigenvalue weighted by Crippen LogP contribution is 2.21. The van der Waals surface area contributed by atoms with Crippen molar-refractivity contribution in [2.75, 3.05) is 6.54 Å². The van der Waals surface area contributed by atoms with E-state index in [9.17, 15) is 0 Å². The predicted octanol–water partition coefficient (Wildman–Crippen LogP) is 2.30. The highest BCUT2D eigenvalue weighted by molar-refractivity contribution is 6.28. The van der Waals surface area contributed by atoms with E-state index >= 15 is 0 Å². The summed E-state index contributed by atoms with van der Waals surface area (Å²) in [6.07, 6.45) is 0.740. The number of rotatable bonds is 3. The van der Waals surface area contributed by atoms with Gasteiger partial charge in [-0.1, -0.05) is 6.58 Å². The van der Waals surface area contributed by atoms with E-state index in [0.29, 0.717) is 11.8 Å². The fourth-order valence-electron chi connectivity index (χ4n) is 0.802. The molecular weight excluding hydrogens is 162 g/mol. The predicted molar refractivity (Wildman–Crippen MR) is 46.4 cm³/mol. The molecule has 0 radical (unpaired) electrons. The van der Waals surface area contributed by atoms with Crippen LogP contribution in [-0.4, -0.2) is 6.54 Å². The van der Waals surface area contributed by atoms with Crippen LogP contribution >= 0.6 is 11.6 Å². The van der Waals surface area contributed by atoms with Crippen LogP contribution in [0.2, 0.25) is 5.22 Å². The first-order chi connectivity index (χ1) is 5.24. The summed E-state index contributed by atoms with van der Waals surface area (Å²) in [7, 11) is 0. The molecule has 0 bridgehead atoms. The van der Waals surface area contributed by atoms with Gasteiger partial charge in [0.15, 0.2) is 5.22 Å². The summed E-state index contributed by atoms with van der Waals surface area (Å²) < 4.78 is 5.11. The topological polar surface area (TPSA) is 39.2 Å². The fourth-order valence-corrected chi connectivity index (χ4v) is 0.948. The summed E-state index contributed by atoms with van der Waals surface area (Å²) in [5.41, 5.74) is 6.23. The van der Waals surface area contributed by atoms with Gasteiger partial charge in [0, 0.05) is 0 Å². The second-order valence-electron chi connectivity index (χ2n) is 2.25. The molecule has 1 aromatic heterocycles. The average Bonchev–Trinajstić information content (AvgIpc) is 2.36. The van der Waals surface area contributed by atoms with Crippen LogP contribution in [0.25, 0.3) is 5.57 Å². The molecule has 0 saturated heterocycles. The molecule has 0 aliphatic heterocycles. The van der Waals surface area contributed by atoms with Gasteiger partial charge in [0.05, 0.1) is 0 Å². The molecule has 2 nitrogen and oxygen atoms in total. The van der Waals surface area contributed by atoms with Gasteiger partial charge in [-0.3, -0.25) is 0 Å². The molecule has 0 aromatic carbocycles. The van der Waals surface area contributed by atoms with Gasteiger partial charge in [-0.05, 0) is 42.3 Å². The molecule has 1 aromatic rings. The molecule has 1 heterocycles. The van der Waals surface area contributed by atoms with Gasteiger partial charge in [-0.25, -0.2) is 0 Å². The first-order valence-electron chi connectivity index (χ1n) is 3.37. The summed E-state index contributed by atoms with van der Waals surface area (Å²) in [5, 5.41) is 0.387. The van der Waals surface area contributed by atoms with Gasteiger partial charge < -0.3 is 10.2 Å². The minimum atomic E-state index is 0.387. The minimum absolute atomic E-state index is 0.387. The minimum Gasteiger partial charge on any atom is -0.445 e. The SMILES string of the molecule is C=C(CCN)c1ccc(Cl)o1. The van der Waals surface area contributed by atoms with E-state index in [1.54, 1.807) is 12.1 Å². The van der Waals surface area contributed by atoms with Crippen LogP contribution in [0.5, 0.6) is 0 Å². The summed E-state index contributed by atoms with van der Waals surface area (Å²) in [4.78, 5) is 0. The smallest absolute Gasteiger partial charge is 0.193 e. The molecule has 3 heteroatoms. The van der Waals surface area contributed by atoms with Crippen molar-refractivity contribution >= 4 is 17.2 Å². The van der Waals surface area contributed by atoms with Gasteiger partial charge in [-0.15, -0.1) is 0 Å². The lowest BCUT2D eigenvalue weighted by Gasteiger charge is -1.97. The second-order valence-corrected chi connectivity index (χ2v) is 2.62. The van der Waals surface area contributed by atoms with E-state index in [1.165, 1.54) is 0 Å². The number of hydrogen-bond donors (Lipinski definition) is 1. The Labute approximate surface area is 70.6 Å². The van der Waals surface area contributed by atoms with Crippen molar-refractivity contribution in [3.8, 4) is 0 Å². The number of halogens is 1. The van der Waals surface area contributed by atoms with Gasteiger partial charge in [-0.2, -0.15) is 0 Å². The van der Waals surface area contributed by atoms with E-state index in [0.717, 1.165) is 17.8 Å². The zero-order chi connectivity index (χ0) is 8.27. The number of hydrogen-bond acceptors (Lipinski definition) is 2. The van der Waals surface area contributed by atoms with Crippen LogP contribution in [-0.2, 0) is 0 Å². The first kappa shape index (κ1) is 8.37. The lowest BCUT2D eigenvalue weighted by atomic mass is 10.2. The first-order valence-corrected chi connectivity index (χ1v) is 3.75. The Balaban J connectivity index is 2.69. The van der Waals surface area contributed by atoms with Crippen LogP contribution in [0.1, 0.15) is 12.2 Å². The van der Waals surface area contributed by atoms with Crippen molar-refractivity contribution < 1.29 is 4.42 Å². The molecule has 2 N–H and O–H groups in total. The van der Waals surface area contributed by atoms with Crippen LogP contribution in [0.15, 0.2) is 23.1 Å². The van der Waals surface area contributed by atoms with Crippen molar-refractivity contribution in [2.24, 2.45) is 5.73 Å². The Morgan fingerprint density at radius 3 is 2.82 bits per heavy atom. The maximum absolute atomic E-state index is 5.57. The maximum atomic E-state index is 5.57. The molecule has 0 aliphatic rings. The summed E-state index contributed by atoms with van der Waals surface area (Å²) in [5.74, 6) is 0.723. The second kappa shape index (κ2) is 3.60. The van der Waals surface area contributed by atoms with E-state index < -0.39 is 0 Å². The van der Waals surface area contributed by atoms with E-state index in [-0.39, 0.29) is 0 Å². The standard InChI is InChI=1S/C8H10ClNO/c1-6(4-5-10)7-2-3-8(9)11-7/h2-3H,1,4-5,10H2. The molecule has 11 heavy (non-hydrogen) atoms. The van der Waals surface area contributed by atoms with E-state index in [2.05, 4.69) is 6.58 Å². The van der Waals surface area contributed by atoms with Crippen LogP contribution in [0.4, 0.5) is 0 Å². The van der Waals surface area contributed by atoms with Gasteiger partial charge in [0.2, 0.25) is 0 Å². The van der Waals surface area contributed by atoms with Gasteiger partial charge in [0.25, 0.3) is 0 Å². The number of furan rings is 1. The molecule has 0 saturated carbocycles. The quantitative estimate of drug-likeness (QED) is 0.758. The largest absolute Gasteiger partial charge is 0.445 e. The third kappa shape index (κ3) is 2.10. The summed E-state index contributed by atoms with van der Waals surface area (Å²) in [6, 6.07) is 3.49. The van der Waals surface area contributed by atoms with Gasteiger partial charge >= 0.3 is 0 Å². The molecule has 1 rings (SSSR count). The molecule has 0 amide bonds.